The molecule has 0 spiro atoms. The van der Waals surface area contributed by atoms with Crippen LogP contribution < -0.4 is 16.0 Å². The van der Waals surface area contributed by atoms with Gasteiger partial charge in [0.1, 0.15) is 11.6 Å². The average molecular weight is 620 g/mol. The molecule has 9 heteroatoms. The molecule has 2 fully saturated rings. The fourth-order valence-electron chi connectivity index (χ4n) is 4.09. The number of carbonyl (C=O) groups excluding carboxylic acids is 3. The number of alkyl carbamates (subject to hydrolysis) is 1. The molecule has 1 aromatic carbocycles. The second kappa shape index (κ2) is 20.0. The zero-order valence-electron chi connectivity index (χ0n) is 25.2. The molecule has 0 heterocycles. The minimum Gasteiger partial charge on any atom is -0.444 e. The van der Waals surface area contributed by atoms with E-state index >= 15 is 0 Å². The van der Waals surface area contributed by atoms with Crippen LogP contribution in [0, 0.1) is 69.6 Å². The van der Waals surface area contributed by atoms with Crippen molar-refractivity contribution in [3.63, 3.8) is 0 Å². The molecule has 0 saturated heterocycles. The second-order valence-corrected chi connectivity index (χ2v) is 11.4. The van der Waals surface area contributed by atoms with Gasteiger partial charge in [-0.25, -0.2) is 4.79 Å². The Labute approximate surface area is 264 Å². The molecular formula is C33H45FeN3O5+2. The maximum atomic E-state index is 13.0. The van der Waals surface area contributed by atoms with E-state index in [0.717, 1.165) is 11.5 Å². The largest absolute Gasteiger partial charge is 2.00 e. The van der Waals surface area contributed by atoms with Crippen LogP contribution in [0.2, 0.25) is 0 Å². The van der Waals surface area contributed by atoms with Crippen molar-refractivity contribution < 1.29 is 41.3 Å². The van der Waals surface area contributed by atoms with Gasteiger partial charge in [0.15, 0.2) is 0 Å². The van der Waals surface area contributed by atoms with Crippen molar-refractivity contribution in [2.45, 2.75) is 77.7 Å². The van der Waals surface area contributed by atoms with E-state index in [1.165, 1.54) is 0 Å². The second-order valence-electron chi connectivity index (χ2n) is 11.4. The number of aliphatic hydroxyl groups excluding tert-OH is 1. The predicted octanol–water partition coefficient (Wildman–Crippen LogP) is 3.94. The zero-order chi connectivity index (χ0) is 30.3. The van der Waals surface area contributed by atoms with E-state index < -0.39 is 35.8 Å². The molecule has 3 rings (SSSR count). The quantitative estimate of drug-likeness (QED) is 0.265. The maximum Gasteiger partial charge on any atom is 2.00 e. The van der Waals surface area contributed by atoms with Gasteiger partial charge in [-0.2, -0.15) is 0 Å². The van der Waals surface area contributed by atoms with E-state index in [2.05, 4.69) is 16.0 Å². The van der Waals surface area contributed by atoms with Gasteiger partial charge in [-0.05, 0) is 96.5 Å². The Hall–Kier alpha value is -2.09. The van der Waals surface area contributed by atoms with Gasteiger partial charge in [0, 0.05) is 18.9 Å². The molecular weight excluding hydrogens is 574 g/mol. The number of ether oxygens (including phenoxy) is 1. The number of carbonyl (C=O) groups is 3. The van der Waals surface area contributed by atoms with Gasteiger partial charge in [-0.3, -0.25) is 9.59 Å². The first-order chi connectivity index (χ1) is 19.4. The Balaban J connectivity index is 0.00000132. The zero-order valence-corrected chi connectivity index (χ0v) is 26.3. The SMILES string of the molecule is CC(C)C[C@H](NC(=O)OC(C)(C)C)[C@H](O)CC(=O)N[C@@H](Cc1ccccc1)C(=O)NC[C]1[CH][CH][CH][CH]1.[CH]1[CH][CH][CH][CH]1.[Fe+2]. The Bertz CT molecular complexity index is 904. The molecule has 2 aliphatic rings. The van der Waals surface area contributed by atoms with Gasteiger partial charge < -0.3 is 25.8 Å². The first kappa shape index (κ1) is 37.9. The standard InChI is InChI=1S/C28H40N3O5.C5H5.Fe/c1-19(2)15-22(31-27(35)36-28(3,4)5)24(32)17-25(33)30-23(16-20-11-7-6-8-12-20)26(34)29-18-21-13-9-10-14-21;1-2-4-5-3-1;/h6-14,19,22-24,32H,15-18H2,1-5H3,(H,29,34)(H,30,33)(H,31,35);1-5H;/q;;+2/t22-,23-,24+;;/m0../s1. The molecule has 0 aliphatic heterocycles. The molecule has 2 aliphatic carbocycles. The summed E-state index contributed by atoms with van der Waals surface area (Å²) in [7, 11) is 0. The number of hydrogen-bond acceptors (Lipinski definition) is 5. The van der Waals surface area contributed by atoms with Gasteiger partial charge in [-0.15, -0.1) is 0 Å². The molecule has 1 aromatic rings. The smallest absolute Gasteiger partial charge is 0.444 e. The number of nitrogens with one attached hydrogen (secondary N) is 3. The van der Waals surface area contributed by atoms with E-state index in [4.69, 9.17) is 4.74 Å². The number of amides is 3. The van der Waals surface area contributed by atoms with E-state index in [0.29, 0.717) is 19.4 Å². The fraction of sp³-hybridized carbons (Fsp3) is 0.424. The minimum absolute atomic E-state index is 0. The Kier molecular flexibility index (Phi) is 18.0. The van der Waals surface area contributed by atoms with Crippen molar-refractivity contribution >= 4 is 17.9 Å². The summed E-state index contributed by atoms with van der Waals surface area (Å²) >= 11 is 0. The Morgan fingerprint density at radius 2 is 1.45 bits per heavy atom. The Morgan fingerprint density at radius 3 is 1.98 bits per heavy atom. The molecule has 8 nitrogen and oxygen atoms in total. The third-order valence-corrected chi connectivity index (χ3v) is 5.97. The van der Waals surface area contributed by atoms with Crippen LogP contribution in [0.3, 0.4) is 0 Å². The fourth-order valence-corrected chi connectivity index (χ4v) is 4.09. The van der Waals surface area contributed by atoms with Crippen molar-refractivity contribution in [3.05, 3.63) is 99.6 Å². The van der Waals surface area contributed by atoms with E-state index in [1.54, 1.807) is 20.8 Å². The maximum absolute atomic E-state index is 13.0. The molecule has 0 aromatic heterocycles. The van der Waals surface area contributed by atoms with Crippen molar-refractivity contribution in [2.75, 3.05) is 6.54 Å². The van der Waals surface area contributed by atoms with Crippen LogP contribution >= 0.6 is 0 Å². The molecule has 0 unspecified atom stereocenters. The summed E-state index contributed by atoms with van der Waals surface area (Å²) in [4.78, 5) is 38.1. The molecule has 228 valence electrons. The summed E-state index contributed by atoms with van der Waals surface area (Å²) in [6.45, 7) is 9.54. The van der Waals surface area contributed by atoms with Crippen molar-refractivity contribution in [2.24, 2.45) is 5.92 Å². The molecule has 0 bridgehead atoms. The van der Waals surface area contributed by atoms with Crippen LogP contribution in [0.1, 0.15) is 53.0 Å². The van der Waals surface area contributed by atoms with Gasteiger partial charge in [-0.1, -0.05) is 44.2 Å². The topological polar surface area (TPSA) is 117 Å². The van der Waals surface area contributed by atoms with E-state index in [1.807, 2.05) is 102 Å². The van der Waals surface area contributed by atoms with Crippen LogP contribution in [0.5, 0.6) is 0 Å². The third kappa shape index (κ3) is 16.5. The van der Waals surface area contributed by atoms with Crippen LogP contribution in [0.25, 0.3) is 0 Å². The minimum atomic E-state index is -1.15. The van der Waals surface area contributed by atoms with Gasteiger partial charge in [0.25, 0.3) is 0 Å². The van der Waals surface area contributed by atoms with Crippen molar-refractivity contribution in [1.82, 2.24) is 16.0 Å². The Morgan fingerprint density at radius 1 is 0.881 bits per heavy atom. The molecule has 4 N–H and O–H groups in total. The summed E-state index contributed by atoms with van der Waals surface area (Å²) in [6.07, 6.45) is 16.3. The van der Waals surface area contributed by atoms with Crippen LogP contribution in [-0.4, -0.2) is 53.3 Å². The molecule has 3 amide bonds. The summed E-state index contributed by atoms with van der Waals surface area (Å²) < 4.78 is 5.31. The van der Waals surface area contributed by atoms with Gasteiger partial charge in [0.2, 0.25) is 11.8 Å². The van der Waals surface area contributed by atoms with Crippen LogP contribution in [-0.2, 0) is 37.8 Å². The first-order valence-electron chi connectivity index (χ1n) is 14.1. The van der Waals surface area contributed by atoms with Gasteiger partial charge in [0.05, 0.1) is 18.6 Å². The third-order valence-electron chi connectivity index (χ3n) is 5.97. The van der Waals surface area contributed by atoms with Crippen LogP contribution in [0.15, 0.2) is 30.3 Å². The average Bonchev–Trinajstić information content (AvgIpc) is 3.63. The number of aliphatic hydroxyl groups is 1. The summed E-state index contributed by atoms with van der Waals surface area (Å²) in [6, 6.07) is 7.92. The first-order valence-corrected chi connectivity index (χ1v) is 14.1. The van der Waals surface area contributed by atoms with Crippen molar-refractivity contribution in [1.29, 1.82) is 0 Å². The van der Waals surface area contributed by atoms with Crippen LogP contribution in [0.4, 0.5) is 4.79 Å². The summed E-state index contributed by atoms with van der Waals surface area (Å²) in [5.41, 5.74) is 0.214. The number of benzene rings is 1. The monoisotopic (exact) mass is 619 g/mol. The molecule has 42 heavy (non-hydrogen) atoms. The normalized spacial score (nSPS) is 17.2. The number of rotatable bonds is 12. The van der Waals surface area contributed by atoms with Crippen molar-refractivity contribution in [3.8, 4) is 0 Å². The number of hydrogen-bond donors (Lipinski definition) is 4. The van der Waals surface area contributed by atoms with Gasteiger partial charge >= 0.3 is 23.2 Å². The van der Waals surface area contributed by atoms with E-state index in [-0.39, 0.29) is 35.3 Å². The van der Waals surface area contributed by atoms with E-state index in [9.17, 15) is 19.5 Å². The molecule has 10 radical (unpaired) electrons. The molecule has 3 atom stereocenters. The predicted molar refractivity (Wildman–Crippen MR) is 160 cm³/mol. The summed E-state index contributed by atoms with van der Waals surface area (Å²) in [5, 5.41) is 19.1. The summed E-state index contributed by atoms with van der Waals surface area (Å²) in [5.74, 6) is 0.337. The molecule has 2 saturated carbocycles.